The Kier molecular flexibility index (Phi) is 2.48. The lowest BCUT2D eigenvalue weighted by molar-refractivity contribution is 0.0991. The maximum atomic E-state index is 12.1. The molecular weight excluding hydrogens is 270 g/mol. The molecule has 1 heterocycles. The molecule has 0 radical (unpaired) electrons. The Labute approximate surface area is 121 Å². The number of carbonyl (C=O) groups is 1. The fourth-order valence-corrected chi connectivity index (χ4v) is 3.31. The lowest BCUT2D eigenvalue weighted by Crippen LogP contribution is -1.95. The van der Waals surface area contributed by atoms with Gasteiger partial charge in [-0.25, -0.2) is 0 Å². The van der Waals surface area contributed by atoms with Crippen LogP contribution in [-0.4, -0.2) is 10.8 Å². The standard InChI is InChI=1S/C17H12ClNO/c18-10-5-6-16-14(7-10)15(9-19-16)13-8-17(20)12-4-2-1-3-11(12)13/h1-7,9,13,19H,8H2. The van der Waals surface area contributed by atoms with Crippen LogP contribution in [0.2, 0.25) is 5.02 Å². The van der Waals surface area contributed by atoms with Crippen molar-refractivity contribution in [1.29, 1.82) is 0 Å². The summed E-state index contributed by atoms with van der Waals surface area (Å²) in [6.07, 6.45) is 2.54. The van der Waals surface area contributed by atoms with Crippen molar-refractivity contribution in [2.24, 2.45) is 0 Å². The average molecular weight is 282 g/mol. The molecule has 4 rings (SSSR count). The van der Waals surface area contributed by atoms with Gasteiger partial charge in [0.15, 0.2) is 5.78 Å². The smallest absolute Gasteiger partial charge is 0.164 e. The third-order valence-electron chi connectivity index (χ3n) is 4.08. The Morgan fingerprint density at radius 2 is 1.95 bits per heavy atom. The Bertz CT molecular complexity index is 834. The number of hydrogen-bond acceptors (Lipinski definition) is 1. The lowest BCUT2D eigenvalue weighted by Gasteiger charge is -2.09. The van der Waals surface area contributed by atoms with Crippen molar-refractivity contribution in [3.63, 3.8) is 0 Å². The number of aromatic amines is 1. The van der Waals surface area contributed by atoms with Gasteiger partial charge in [-0.1, -0.05) is 35.9 Å². The number of benzene rings is 2. The molecule has 0 saturated heterocycles. The van der Waals surface area contributed by atoms with Crippen molar-refractivity contribution in [3.8, 4) is 0 Å². The highest BCUT2D eigenvalue weighted by Crippen LogP contribution is 2.41. The number of halogens is 1. The van der Waals surface area contributed by atoms with Crippen LogP contribution in [0, 0.1) is 0 Å². The second kappa shape index (κ2) is 4.22. The average Bonchev–Trinajstić information content (AvgIpc) is 3.00. The monoisotopic (exact) mass is 281 g/mol. The minimum Gasteiger partial charge on any atom is -0.361 e. The van der Waals surface area contributed by atoms with Gasteiger partial charge < -0.3 is 4.98 Å². The van der Waals surface area contributed by atoms with Gasteiger partial charge in [-0.05, 0) is 29.3 Å². The fourth-order valence-electron chi connectivity index (χ4n) is 3.14. The second-order valence-corrected chi connectivity index (χ2v) is 5.64. The summed E-state index contributed by atoms with van der Waals surface area (Å²) in [7, 11) is 0. The van der Waals surface area contributed by atoms with Gasteiger partial charge >= 0.3 is 0 Å². The molecule has 0 aliphatic heterocycles. The van der Waals surface area contributed by atoms with Gasteiger partial charge in [0.2, 0.25) is 0 Å². The number of H-pyrrole nitrogens is 1. The topological polar surface area (TPSA) is 32.9 Å². The van der Waals surface area contributed by atoms with Crippen LogP contribution in [-0.2, 0) is 0 Å². The van der Waals surface area contributed by atoms with E-state index in [1.54, 1.807) is 0 Å². The number of nitrogens with one attached hydrogen (secondary N) is 1. The van der Waals surface area contributed by atoms with Crippen molar-refractivity contribution >= 4 is 28.3 Å². The Morgan fingerprint density at radius 3 is 2.85 bits per heavy atom. The molecule has 0 fully saturated rings. The van der Waals surface area contributed by atoms with E-state index in [2.05, 4.69) is 4.98 Å². The molecular formula is C17H12ClNO. The SMILES string of the molecule is O=C1CC(c2c[nH]c3ccc(Cl)cc23)c2ccccc21. The van der Waals surface area contributed by atoms with Gasteiger partial charge in [0.25, 0.3) is 0 Å². The first-order valence-corrected chi connectivity index (χ1v) is 7.00. The first-order valence-electron chi connectivity index (χ1n) is 6.62. The normalized spacial score (nSPS) is 17.6. The predicted octanol–water partition coefficient (Wildman–Crippen LogP) is 4.54. The van der Waals surface area contributed by atoms with Crippen LogP contribution in [0.15, 0.2) is 48.7 Å². The second-order valence-electron chi connectivity index (χ2n) is 5.20. The van der Waals surface area contributed by atoms with Crippen LogP contribution < -0.4 is 0 Å². The molecule has 1 aromatic heterocycles. The summed E-state index contributed by atoms with van der Waals surface area (Å²) < 4.78 is 0. The highest BCUT2D eigenvalue weighted by atomic mass is 35.5. The van der Waals surface area contributed by atoms with Crippen LogP contribution in [0.25, 0.3) is 10.9 Å². The molecule has 1 aliphatic carbocycles. The van der Waals surface area contributed by atoms with Crippen LogP contribution in [0.4, 0.5) is 0 Å². The summed E-state index contributed by atoms with van der Waals surface area (Å²) in [6, 6.07) is 13.7. The minimum absolute atomic E-state index is 0.130. The van der Waals surface area contributed by atoms with E-state index in [-0.39, 0.29) is 11.7 Å². The van der Waals surface area contributed by atoms with Crippen molar-refractivity contribution in [2.45, 2.75) is 12.3 Å². The van der Waals surface area contributed by atoms with E-state index in [0.717, 1.165) is 32.6 Å². The molecule has 0 saturated carbocycles. The number of Topliss-reactive ketones (excluding diaryl/α,β-unsaturated/α-hetero) is 1. The molecule has 2 aromatic carbocycles. The van der Waals surface area contributed by atoms with Gasteiger partial charge in [-0.15, -0.1) is 0 Å². The van der Waals surface area contributed by atoms with E-state index in [1.165, 1.54) is 0 Å². The van der Waals surface area contributed by atoms with E-state index in [0.29, 0.717) is 6.42 Å². The van der Waals surface area contributed by atoms with Crippen molar-refractivity contribution < 1.29 is 4.79 Å². The molecule has 1 aliphatic rings. The first kappa shape index (κ1) is 11.7. The maximum absolute atomic E-state index is 12.1. The molecule has 0 amide bonds. The molecule has 98 valence electrons. The number of carbonyl (C=O) groups excluding carboxylic acids is 1. The molecule has 0 spiro atoms. The van der Waals surface area contributed by atoms with Crippen LogP contribution in [0.1, 0.15) is 33.8 Å². The molecule has 1 N–H and O–H groups in total. The molecule has 1 atom stereocenters. The number of fused-ring (bicyclic) bond motifs is 2. The summed E-state index contributed by atoms with van der Waals surface area (Å²) in [6.45, 7) is 0. The first-order chi connectivity index (χ1) is 9.74. The predicted molar refractivity (Wildman–Crippen MR) is 80.5 cm³/mol. The van der Waals surface area contributed by atoms with Gasteiger partial charge in [0.1, 0.15) is 0 Å². The molecule has 0 bridgehead atoms. The minimum atomic E-state index is 0.130. The van der Waals surface area contributed by atoms with Crippen LogP contribution in [0.5, 0.6) is 0 Å². The Hall–Kier alpha value is -2.06. The highest BCUT2D eigenvalue weighted by Gasteiger charge is 2.31. The van der Waals surface area contributed by atoms with E-state index in [4.69, 9.17) is 11.6 Å². The largest absolute Gasteiger partial charge is 0.361 e. The molecule has 20 heavy (non-hydrogen) atoms. The van der Waals surface area contributed by atoms with Crippen molar-refractivity contribution in [2.75, 3.05) is 0 Å². The summed E-state index contributed by atoms with van der Waals surface area (Å²) in [5, 5.41) is 1.82. The van der Waals surface area contributed by atoms with E-state index < -0.39 is 0 Å². The van der Waals surface area contributed by atoms with Gasteiger partial charge in [0, 0.05) is 40.0 Å². The quantitative estimate of drug-likeness (QED) is 0.698. The lowest BCUT2D eigenvalue weighted by atomic mass is 9.93. The van der Waals surface area contributed by atoms with Crippen LogP contribution in [0.3, 0.4) is 0 Å². The van der Waals surface area contributed by atoms with Gasteiger partial charge in [-0.2, -0.15) is 0 Å². The molecule has 2 nitrogen and oxygen atoms in total. The number of aromatic nitrogens is 1. The summed E-state index contributed by atoms with van der Waals surface area (Å²) in [5.41, 5.74) is 4.19. The molecule has 1 unspecified atom stereocenters. The number of ketones is 1. The summed E-state index contributed by atoms with van der Waals surface area (Å²) in [5.74, 6) is 0.355. The Balaban J connectivity index is 1.93. The molecule has 3 heteroatoms. The maximum Gasteiger partial charge on any atom is 0.164 e. The number of hydrogen-bond donors (Lipinski definition) is 1. The third kappa shape index (κ3) is 1.61. The highest BCUT2D eigenvalue weighted by molar-refractivity contribution is 6.31. The number of rotatable bonds is 1. The van der Waals surface area contributed by atoms with E-state index in [9.17, 15) is 4.79 Å². The van der Waals surface area contributed by atoms with E-state index in [1.807, 2.05) is 48.7 Å². The Morgan fingerprint density at radius 1 is 1.10 bits per heavy atom. The van der Waals surface area contributed by atoms with Gasteiger partial charge in [0.05, 0.1) is 0 Å². The zero-order valence-corrected chi connectivity index (χ0v) is 11.4. The summed E-state index contributed by atoms with van der Waals surface area (Å²) in [4.78, 5) is 15.4. The fraction of sp³-hybridized carbons (Fsp3) is 0.118. The summed E-state index contributed by atoms with van der Waals surface area (Å²) >= 11 is 6.10. The van der Waals surface area contributed by atoms with Crippen molar-refractivity contribution in [1.82, 2.24) is 4.98 Å². The van der Waals surface area contributed by atoms with Crippen molar-refractivity contribution in [3.05, 3.63) is 70.4 Å². The third-order valence-corrected chi connectivity index (χ3v) is 4.31. The van der Waals surface area contributed by atoms with E-state index >= 15 is 0 Å². The van der Waals surface area contributed by atoms with Crippen LogP contribution >= 0.6 is 11.6 Å². The molecule has 3 aromatic rings. The van der Waals surface area contributed by atoms with Gasteiger partial charge in [-0.3, -0.25) is 4.79 Å². The zero-order valence-electron chi connectivity index (χ0n) is 10.7. The zero-order chi connectivity index (χ0) is 13.7.